The van der Waals surface area contributed by atoms with Crippen LogP contribution in [0.2, 0.25) is 0 Å². The van der Waals surface area contributed by atoms with E-state index in [4.69, 9.17) is 0 Å². The molecule has 4 rings (SSSR count). The van der Waals surface area contributed by atoms with Crippen LogP contribution in [0, 0.1) is 0 Å². The molecule has 0 atom stereocenters. The van der Waals surface area contributed by atoms with Gasteiger partial charge in [-0.25, -0.2) is 23.4 Å². The standard InChI is InChI=1S/C18H18F5N5O2S/c1-3-31(29,30)16-13(26-12-6-4-5-7-28(12)16)15-25-11-8-10(9-24-14(11)27(15)2)17(19,20)18(21,22)23/h8-9H,3-7H2,1-2H3. The van der Waals surface area contributed by atoms with Gasteiger partial charge in [-0.2, -0.15) is 22.0 Å². The fourth-order valence-electron chi connectivity index (χ4n) is 3.68. The second kappa shape index (κ2) is 6.97. The lowest BCUT2D eigenvalue weighted by molar-refractivity contribution is -0.289. The lowest BCUT2D eigenvalue weighted by Gasteiger charge is -2.19. The predicted octanol–water partition coefficient (Wildman–Crippen LogP) is 3.62. The highest BCUT2D eigenvalue weighted by molar-refractivity contribution is 7.91. The summed E-state index contributed by atoms with van der Waals surface area (Å²) in [5.74, 6) is -4.69. The molecule has 0 saturated carbocycles. The maximum Gasteiger partial charge on any atom is 0.458 e. The van der Waals surface area contributed by atoms with Crippen LogP contribution in [0.3, 0.4) is 0 Å². The van der Waals surface area contributed by atoms with Crippen LogP contribution < -0.4 is 0 Å². The third-order valence-electron chi connectivity index (χ3n) is 5.35. The van der Waals surface area contributed by atoms with Crippen molar-refractivity contribution in [1.29, 1.82) is 0 Å². The van der Waals surface area contributed by atoms with Gasteiger partial charge in [0.2, 0.25) is 0 Å². The Hall–Kier alpha value is -2.57. The minimum absolute atomic E-state index is 0.0241. The minimum atomic E-state index is -5.79. The monoisotopic (exact) mass is 463 g/mol. The normalized spacial score (nSPS) is 15.5. The van der Waals surface area contributed by atoms with Crippen LogP contribution >= 0.6 is 0 Å². The number of alkyl halides is 5. The number of imidazole rings is 2. The van der Waals surface area contributed by atoms with Gasteiger partial charge in [0.1, 0.15) is 17.0 Å². The van der Waals surface area contributed by atoms with Crippen LogP contribution in [0.4, 0.5) is 22.0 Å². The van der Waals surface area contributed by atoms with E-state index in [1.165, 1.54) is 18.5 Å². The van der Waals surface area contributed by atoms with E-state index in [1.54, 1.807) is 4.57 Å². The molecule has 31 heavy (non-hydrogen) atoms. The third kappa shape index (κ3) is 3.29. The Morgan fingerprint density at radius 2 is 1.84 bits per heavy atom. The number of halogens is 5. The number of aromatic nitrogens is 5. The van der Waals surface area contributed by atoms with Crippen molar-refractivity contribution >= 4 is 21.0 Å². The molecule has 0 radical (unpaired) electrons. The summed E-state index contributed by atoms with van der Waals surface area (Å²) in [5, 5.41) is -0.0241. The van der Waals surface area contributed by atoms with Crippen LogP contribution in [0.15, 0.2) is 17.3 Å². The van der Waals surface area contributed by atoms with Gasteiger partial charge >= 0.3 is 12.1 Å². The molecule has 0 bridgehead atoms. The molecule has 0 fully saturated rings. The highest BCUT2D eigenvalue weighted by atomic mass is 32.2. The lowest BCUT2D eigenvalue weighted by atomic mass is 10.1. The number of nitrogens with zero attached hydrogens (tertiary/aromatic N) is 5. The minimum Gasteiger partial charge on any atom is -0.318 e. The van der Waals surface area contributed by atoms with Crippen LogP contribution in [-0.4, -0.2) is 44.4 Å². The van der Waals surface area contributed by atoms with Gasteiger partial charge < -0.3 is 9.13 Å². The van der Waals surface area contributed by atoms with E-state index in [1.807, 2.05) is 0 Å². The topological polar surface area (TPSA) is 82.7 Å². The van der Waals surface area contributed by atoms with E-state index in [0.717, 1.165) is 12.8 Å². The Balaban J connectivity index is 1.94. The van der Waals surface area contributed by atoms with E-state index in [9.17, 15) is 30.4 Å². The molecule has 13 heteroatoms. The number of fused-ring (bicyclic) bond motifs is 2. The first-order valence-corrected chi connectivity index (χ1v) is 11.1. The number of aryl methyl sites for hydroxylation is 2. The number of pyridine rings is 1. The molecule has 4 heterocycles. The number of sulfone groups is 1. The zero-order chi connectivity index (χ0) is 22.8. The predicted molar refractivity (Wildman–Crippen MR) is 100 cm³/mol. The number of hydrogen-bond donors (Lipinski definition) is 0. The zero-order valence-electron chi connectivity index (χ0n) is 16.5. The second-order valence-electron chi connectivity index (χ2n) is 7.33. The summed E-state index contributed by atoms with van der Waals surface area (Å²) >= 11 is 0. The van der Waals surface area contributed by atoms with Crippen molar-refractivity contribution in [3.8, 4) is 11.5 Å². The maximum absolute atomic E-state index is 13.7. The molecule has 0 unspecified atom stereocenters. The first-order valence-electron chi connectivity index (χ1n) is 9.48. The van der Waals surface area contributed by atoms with Gasteiger partial charge in [-0.1, -0.05) is 6.92 Å². The van der Waals surface area contributed by atoms with Gasteiger partial charge in [0.25, 0.3) is 0 Å². The van der Waals surface area contributed by atoms with Crippen molar-refractivity contribution in [2.45, 2.75) is 49.9 Å². The Bertz CT molecular complexity index is 1280. The highest BCUT2D eigenvalue weighted by Gasteiger charge is 2.59. The molecule has 7 nitrogen and oxygen atoms in total. The van der Waals surface area contributed by atoms with E-state index in [0.29, 0.717) is 31.1 Å². The van der Waals surface area contributed by atoms with Crippen molar-refractivity contribution in [3.63, 3.8) is 0 Å². The number of hydrogen-bond acceptors (Lipinski definition) is 5. The van der Waals surface area contributed by atoms with Crippen LogP contribution in [0.1, 0.15) is 31.2 Å². The molecule has 0 spiro atoms. The molecule has 3 aromatic rings. The average Bonchev–Trinajstić information content (AvgIpc) is 3.25. The fraction of sp³-hybridized carbons (Fsp3) is 0.500. The molecule has 0 amide bonds. The first kappa shape index (κ1) is 21.7. The fourth-order valence-corrected chi connectivity index (χ4v) is 4.91. The molecule has 0 aromatic carbocycles. The molecular formula is C18H18F5N5O2S. The van der Waals surface area contributed by atoms with Crippen LogP contribution in [-0.2, 0) is 35.8 Å². The molecule has 1 aliphatic rings. The molecule has 3 aromatic heterocycles. The van der Waals surface area contributed by atoms with Crippen molar-refractivity contribution in [3.05, 3.63) is 23.7 Å². The van der Waals surface area contributed by atoms with Gasteiger partial charge in [0.15, 0.2) is 26.3 Å². The van der Waals surface area contributed by atoms with Gasteiger partial charge in [-0.05, 0) is 18.9 Å². The molecule has 0 N–H and O–H groups in total. The van der Waals surface area contributed by atoms with Gasteiger partial charge in [0, 0.05) is 26.2 Å². The SMILES string of the molecule is CCS(=O)(=O)c1c(-c2nc3cc(C(F)(F)C(F)(F)F)cnc3n2C)nc2n1CCCC2. The largest absolute Gasteiger partial charge is 0.458 e. The average molecular weight is 463 g/mol. The first-order chi connectivity index (χ1) is 14.4. The summed E-state index contributed by atoms with van der Waals surface area (Å²) < 4.78 is 94.3. The van der Waals surface area contributed by atoms with Crippen molar-refractivity contribution < 1.29 is 30.4 Å². The van der Waals surface area contributed by atoms with Crippen molar-refractivity contribution in [2.75, 3.05) is 5.75 Å². The summed E-state index contributed by atoms with van der Waals surface area (Å²) in [6, 6.07) is 0.614. The van der Waals surface area contributed by atoms with Gasteiger partial charge in [-0.15, -0.1) is 0 Å². The van der Waals surface area contributed by atoms with E-state index < -0.39 is 27.5 Å². The summed E-state index contributed by atoms with van der Waals surface area (Å²) in [6.45, 7) is 1.95. The van der Waals surface area contributed by atoms with Gasteiger partial charge in [0.05, 0.1) is 11.3 Å². The Morgan fingerprint density at radius 1 is 1.13 bits per heavy atom. The second-order valence-corrected chi connectivity index (χ2v) is 9.52. The Kier molecular flexibility index (Phi) is 4.87. The highest BCUT2D eigenvalue weighted by Crippen LogP contribution is 2.44. The molecule has 1 aliphatic heterocycles. The molecular weight excluding hydrogens is 445 g/mol. The third-order valence-corrected chi connectivity index (χ3v) is 7.11. The summed E-state index contributed by atoms with van der Waals surface area (Å²) in [5.41, 5.74) is -1.49. The molecule has 0 saturated heterocycles. The summed E-state index contributed by atoms with van der Waals surface area (Å²) in [7, 11) is -2.25. The Labute approximate surface area is 173 Å². The quantitative estimate of drug-likeness (QED) is 0.552. The van der Waals surface area contributed by atoms with Crippen molar-refractivity contribution in [2.24, 2.45) is 7.05 Å². The maximum atomic E-state index is 13.7. The zero-order valence-corrected chi connectivity index (χ0v) is 17.4. The molecule has 168 valence electrons. The Morgan fingerprint density at radius 3 is 2.48 bits per heavy atom. The smallest absolute Gasteiger partial charge is 0.318 e. The summed E-state index contributed by atoms with van der Waals surface area (Å²) in [6.07, 6.45) is -3.16. The molecule has 0 aliphatic carbocycles. The summed E-state index contributed by atoms with van der Waals surface area (Å²) in [4.78, 5) is 12.3. The van der Waals surface area contributed by atoms with E-state index in [2.05, 4.69) is 15.0 Å². The van der Waals surface area contributed by atoms with Gasteiger partial charge in [-0.3, -0.25) is 0 Å². The van der Waals surface area contributed by atoms with Crippen LogP contribution in [0.25, 0.3) is 22.7 Å². The van der Waals surface area contributed by atoms with Crippen molar-refractivity contribution in [1.82, 2.24) is 24.1 Å². The van der Waals surface area contributed by atoms with E-state index >= 15 is 0 Å². The number of rotatable bonds is 4. The van der Waals surface area contributed by atoms with E-state index in [-0.39, 0.29) is 33.5 Å². The van der Waals surface area contributed by atoms with Crippen LogP contribution in [0.5, 0.6) is 0 Å². The lowest BCUT2D eigenvalue weighted by Crippen LogP contribution is -2.33.